The molecular weight excluding hydrogens is 114 g/mol. The Labute approximate surface area is 55.9 Å². The van der Waals surface area contributed by atoms with Crippen molar-refractivity contribution in [1.29, 1.82) is 0 Å². The van der Waals surface area contributed by atoms with E-state index in [0.717, 1.165) is 0 Å². The van der Waals surface area contributed by atoms with Crippen LogP contribution >= 0.6 is 0 Å². The third kappa shape index (κ3) is 2.04. The minimum absolute atomic E-state index is 0.418. The second kappa shape index (κ2) is 3.49. The summed E-state index contributed by atoms with van der Waals surface area (Å²) in [6, 6.07) is 0. The highest BCUT2D eigenvalue weighted by molar-refractivity contribution is 5.52. The summed E-state index contributed by atoms with van der Waals surface area (Å²) in [7, 11) is 0. The Morgan fingerprint density at radius 1 is 1.44 bits per heavy atom. The van der Waals surface area contributed by atoms with Gasteiger partial charge in [-0.15, -0.1) is 0 Å². The van der Waals surface area contributed by atoms with Crippen molar-refractivity contribution in [2.75, 3.05) is 0 Å². The van der Waals surface area contributed by atoms with Crippen LogP contribution in [0, 0.1) is 0 Å². The standard InChI is InChI=1S/C7H13NO/c1-2-8-9-7-5-3-4-6-7/h2,7H,3-6H2,1H3/b8-2+. The molecule has 0 atom stereocenters. The molecule has 1 aliphatic carbocycles. The summed E-state index contributed by atoms with van der Waals surface area (Å²) >= 11 is 0. The summed E-state index contributed by atoms with van der Waals surface area (Å²) in [5, 5.41) is 3.73. The summed E-state index contributed by atoms with van der Waals surface area (Å²) in [6.07, 6.45) is 7.11. The zero-order valence-corrected chi connectivity index (χ0v) is 5.84. The normalized spacial score (nSPS) is 21.4. The third-order valence-corrected chi connectivity index (χ3v) is 1.62. The van der Waals surface area contributed by atoms with Crippen LogP contribution in [0.3, 0.4) is 0 Å². The topological polar surface area (TPSA) is 21.6 Å². The van der Waals surface area contributed by atoms with Gasteiger partial charge in [0, 0.05) is 6.21 Å². The van der Waals surface area contributed by atoms with Crippen molar-refractivity contribution in [3.8, 4) is 0 Å². The molecule has 0 aromatic rings. The third-order valence-electron chi connectivity index (χ3n) is 1.62. The monoisotopic (exact) mass is 127 g/mol. The molecule has 2 nitrogen and oxygen atoms in total. The van der Waals surface area contributed by atoms with E-state index in [2.05, 4.69) is 5.16 Å². The van der Waals surface area contributed by atoms with Gasteiger partial charge in [0.05, 0.1) is 0 Å². The van der Waals surface area contributed by atoms with E-state index in [1.807, 2.05) is 6.92 Å². The van der Waals surface area contributed by atoms with Crippen LogP contribution in [0.5, 0.6) is 0 Å². The highest BCUT2D eigenvalue weighted by atomic mass is 16.6. The van der Waals surface area contributed by atoms with Gasteiger partial charge < -0.3 is 4.84 Å². The van der Waals surface area contributed by atoms with Crippen molar-refractivity contribution < 1.29 is 4.84 Å². The molecule has 0 aromatic heterocycles. The number of nitrogens with zero attached hydrogens (tertiary/aromatic N) is 1. The fraction of sp³-hybridized carbons (Fsp3) is 0.857. The second-order valence-corrected chi connectivity index (χ2v) is 2.38. The van der Waals surface area contributed by atoms with Gasteiger partial charge in [0.1, 0.15) is 6.10 Å². The van der Waals surface area contributed by atoms with Crippen molar-refractivity contribution >= 4 is 6.21 Å². The Morgan fingerprint density at radius 3 is 2.67 bits per heavy atom. The molecule has 1 aliphatic rings. The van der Waals surface area contributed by atoms with E-state index in [4.69, 9.17) is 4.84 Å². The largest absolute Gasteiger partial charge is 0.393 e. The van der Waals surface area contributed by atoms with Crippen LogP contribution in [0.2, 0.25) is 0 Å². The van der Waals surface area contributed by atoms with E-state index in [1.165, 1.54) is 25.7 Å². The average Bonchev–Trinajstić information content (AvgIpc) is 2.34. The van der Waals surface area contributed by atoms with Crippen molar-refractivity contribution in [1.82, 2.24) is 0 Å². The maximum atomic E-state index is 5.12. The van der Waals surface area contributed by atoms with Crippen molar-refractivity contribution in [3.05, 3.63) is 0 Å². The van der Waals surface area contributed by atoms with Crippen molar-refractivity contribution in [2.24, 2.45) is 5.16 Å². The molecule has 1 rings (SSSR count). The molecule has 1 saturated carbocycles. The zero-order chi connectivity index (χ0) is 6.53. The van der Waals surface area contributed by atoms with Crippen molar-refractivity contribution in [3.63, 3.8) is 0 Å². The first-order chi connectivity index (χ1) is 4.43. The van der Waals surface area contributed by atoms with Crippen LogP contribution in [-0.4, -0.2) is 12.3 Å². The maximum Gasteiger partial charge on any atom is 0.127 e. The summed E-state index contributed by atoms with van der Waals surface area (Å²) < 4.78 is 0. The Kier molecular flexibility index (Phi) is 2.55. The van der Waals surface area contributed by atoms with Crippen LogP contribution < -0.4 is 0 Å². The molecule has 9 heavy (non-hydrogen) atoms. The van der Waals surface area contributed by atoms with E-state index in [1.54, 1.807) is 6.21 Å². The SMILES string of the molecule is C/C=N/OC1CCCC1. The fourth-order valence-electron chi connectivity index (χ4n) is 1.14. The predicted octanol–water partition coefficient (Wildman–Crippen LogP) is 1.95. The molecule has 0 radical (unpaired) electrons. The molecule has 52 valence electrons. The van der Waals surface area contributed by atoms with E-state index in [-0.39, 0.29) is 0 Å². The molecule has 1 fully saturated rings. The molecule has 0 spiro atoms. The maximum absolute atomic E-state index is 5.12. The van der Waals surface area contributed by atoms with Gasteiger partial charge in [-0.1, -0.05) is 5.16 Å². The van der Waals surface area contributed by atoms with Crippen LogP contribution in [0.25, 0.3) is 0 Å². The first kappa shape index (κ1) is 6.59. The van der Waals surface area contributed by atoms with E-state index in [0.29, 0.717) is 6.10 Å². The van der Waals surface area contributed by atoms with Gasteiger partial charge in [0.15, 0.2) is 0 Å². The smallest absolute Gasteiger partial charge is 0.127 e. The van der Waals surface area contributed by atoms with Gasteiger partial charge >= 0.3 is 0 Å². The number of oxime groups is 1. The lowest BCUT2D eigenvalue weighted by Gasteiger charge is -2.03. The summed E-state index contributed by atoms with van der Waals surface area (Å²) in [4.78, 5) is 5.12. The predicted molar refractivity (Wildman–Crippen MR) is 37.5 cm³/mol. The van der Waals surface area contributed by atoms with E-state index in [9.17, 15) is 0 Å². The number of rotatable bonds is 2. The van der Waals surface area contributed by atoms with Gasteiger partial charge in [0.2, 0.25) is 0 Å². The van der Waals surface area contributed by atoms with E-state index >= 15 is 0 Å². The summed E-state index contributed by atoms with van der Waals surface area (Å²) in [5.41, 5.74) is 0. The Hall–Kier alpha value is -0.530. The molecule has 0 N–H and O–H groups in total. The second-order valence-electron chi connectivity index (χ2n) is 2.38. The average molecular weight is 127 g/mol. The fourth-order valence-corrected chi connectivity index (χ4v) is 1.14. The molecule has 0 bridgehead atoms. The lowest BCUT2D eigenvalue weighted by molar-refractivity contribution is 0.0655. The first-order valence-corrected chi connectivity index (χ1v) is 3.57. The lowest BCUT2D eigenvalue weighted by atomic mass is 10.3. The van der Waals surface area contributed by atoms with Crippen LogP contribution in [0.1, 0.15) is 32.6 Å². The van der Waals surface area contributed by atoms with Crippen LogP contribution in [-0.2, 0) is 4.84 Å². The highest BCUT2D eigenvalue weighted by Gasteiger charge is 2.15. The minimum atomic E-state index is 0.418. The quantitative estimate of drug-likeness (QED) is 0.410. The Balaban J connectivity index is 2.11. The number of hydrogen-bond acceptors (Lipinski definition) is 2. The summed E-state index contributed by atoms with van der Waals surface area (Å²) in [5.74, 6) is 0. The molecule has 0 unspecified atom stereocenters. The van der Waals surface area contributed by atoms with Gasteiger partial charge in [-0.05, 0) is 32.6 Å². The Bertz CT molecular complexity index is 95.1. The zero-order valence-electron chi connectivity index (χ0n) is 5.84. The van der Waals surface area contributed by atoms with E-state index < -0.39 is 0 Å². The van der Waals surface area contributed by atoms with Gasteiger partial charge in [-0.25, -0.2) is 0 Å². The Morgan fingerprint density at radius 2 is 2.11 bits per heavy atom. The molecule has 0 saturated heterocycles. The molecule has 0 amide bonds. The van der Waals surface area contributed by atoms with Gasteiger partial charge in [-0.2, -0.15) is 0 Å². The lowest BCUT2D eigenvalue weighted by Crippen LogP contribution is -2.01. The van der Waals surface area contributed by atoms with Crippen LogP contribution in [0.4, 0.5) is 0 Å². The first-order valence-electron chi connectivity index (χ1n) is 3.57. The molecule has 0 aromatic carbocycles. The molecule has 2 heteroatoms. The molecular formula is C7H13NO. The molecule has 0 heterocycles. The molecule has 0 aliphatic heterocycles. The van der Waals surface area contributed by atoms with Gasteiger partial charge in [0.25, 0.3) is 0 Å². The highest BCUT2D eigenvalue weighted by Crippen LogP contribution is 2.20. The van der Waals surface area contributed by atoms with Crippen LogP contribution in [0.15, 0.2) is 5.16 Å². The van der Waals surface area contributed by atoms with Gasteiger partial charge in [-0.3, -0.25) is 0 Å². The number of hydrogen-bond donors (Lipinski definition) is 0. The van der Waals surface area contributed by atoms with Crippen molar-refractivity contribution in [2.45, 2.75) is 38.7 Å². The summed E-state index contributed by atoms with van der Waals surface area (Å²) in [6.45, 7) is 1.87. The minimum Gasteiger partial charge on any atom is -0.393 e.